The number of sulfone groups is 1. The topological polar surface area (TPSA) is 83.5 Å². The molecule has 0 aromatic heterocycles. The number of hydrogen-bond donors (Lipinski definition) is 1. The summed E-state index contributed by atoms with van der Waals surface area (Å²) in [4.78, 5) is 29.5. The summed E-state index contributed by atoms with van der Waals surface area (Å²) >= 11 is 6.32. The molecule has 38 heavy (non-hydrogen) atoms. The van der Waals surface area contributed by atoms with Crippen molar-refractivity contribution in [2.24, 2.45) is 0 Å². The molecule has 0 fully saturated rings. The first-order valence-electron chi connectivity index (χ1n) is 12.0. The summed E-state index contributed by atoms with van der Waals surface area (Å²) in [6.45, 7) is 0.165. The fourth-order valence-corrected chi connectivity index (χ4v) is 5.63. The highest BCUT2D eigenvalue weighted by atomic mass is 35.5. The van der Waals surface area contributed by atoms with Crippen LogP contribution in [-0.4, -0.2) is 31.4 Å². The van der Waals surface area contributed by atoms with Crippen LogP contribution in [0.25, 0.3) is 0 Å². The van der Waals surface area contributed by atoms with Gasteiger partial charge in [0.15, 0.2) is 9.84 Å². The van der Waals surface area contributed by atoms with Crippen molar-refractivity contribution in [3.63, 3.8) is 0 Å². The van der Waals surface area contributed by atoms with Gasteiger partial charge in [-0.15, -0.1) is 0 Å². The number of halogens is 1. The van der Waals surface area contributed by atoms with Crippen LogP contribution in [0.2, 0.25) is 5.02 Å². The third-order valence-electron chi connectivity index (χ3n) is 6.63. The number of carbonyl (C=O) groups excluding carboxylic acids is 2. The van der Waals surface area contributed by atoms with E-state index in [4.69, 9.17) is 11.6 Å². The zero-order valence-corrected chi connectivity index (χ0v) is 22.1. The standard InChI is InChI=1S/C30H25ClN2O4S/c1-38(36,37)24-15-12-20(13-16-24)19-32-29(34)28-26-18-23(31)14-17-25(26)30(35)33(28)27(21-8-4-2-5-9-21)22-10-6-3-7-11-22/h2-18,27-28H,19H2,1H3,(H,32,34). The zero-order chi connectivity index (χ0) is 26.9. The Morgan fingerprint density at radius 1 is 0.895 bits per heavy atom. The molecule has 1 heterocycles. The van der Waals surface area contributed by atoms with Crippen molar-refractivity contribution in [2.75, 3.05) is 6.26 Å². The van der Waals surface area contributed by atoms with Gasteiger partial charge in [0.1, 0.15) is 6.04 Å². The van der Waals surface area contributed by atoms with Crippen LogP contribution in [0.4, 0.5) is 0 Å². The second-order valence-corrected chi connectivity index (χ2v) is 11.7. The Labute approximate surface area is 226 Å². The van der Waals surface area contributed by atoms with Gasteiger partial charge < -0.3 is 10.2 Å². The van der Waals surface area contributed by atoms with Crippen molar-refractivity contribution >= 4 is 33.3 Å². The molecule has 2 amide bonds. The molecule has 1 unspecified atom stereocenters. The van der Waals surface area contributed by atoms with Gasteiger partial charge in [-0.1, -0.05) is 84.4 Å². The minimum absolute atomic E-state index is 0.165. The first kappa shape index (κ1) is 25.7. The molecule has 0 aliphatic carbocycles. The smallest absolute Gasteiger partial charge is 0.255 e. The van der Waals surface area contributed by atoms with E-state index in [2.05, 4.69) is 5.32 Å². The number of fused-ring (bicyclic) bond motifs is 1. The monoisotopic (exact) mass is 544 g/mol. The Kier molecular flexibility index (Phi) is 7.06. The predicted molar refractivity (Wildman–Crippen MR) is 146 cm³/mol. The van der Waals surface area contributed by atoms with Crippen molar-refractivity contribution < 1.29 is 18.0 Å². The molecule has 4 aromatic carbocycles. The molecule has 0 radical (unpaired) electrons. The number of nitrogens with zero attached hydrogens (tertiary/aromatic N) is 1. The van der Waals surface area contributed by atoms with E-state index >= 15 is 0 Å². The Hall–Kier alpha value is -3.94. The number of hydrogen-bond acceptors (Lipinski definition) is 4. The van der Waals surface area contributed by atoms with E-state index in [0.29, 0.717) is 16.1 Å². The van der Waals surface area contributed by atoms with Gasteiger partial charge in [-0.25, -0.2) is 8.42 Å². The number of carbonyl (C=O) groups is 2. The normalized spacial score (nSPS) is 15.0. The van der Waals surface area contributed by atoms with Crippen molar-refractivity contribution in [1.82, 2.24) is 10.2 Å². The fraction of sp³-hybridized carbons (Fsp3) is 0.133. The molecule has 192 valence electrons. The molecule has 0 spiro atoms. The lowest BCUT2D eigenvalue weighted by atomic mass is 9.95. The first-order chi connectivity index (χ1) is 18.2. The summed E-state index contributed by atoms with van der Waals surface area (Å²) in [6, 6.07) is 29.1. The highest BCUT2D eigenvalue weighted by Crippen LogP contribution is 2.43. The van der Waals surface area contributed by atoms with E-state index in [1.54, 1.807) is 35.2 Å². The molecule has 0 saturated carbocycles. The van der Waals surface area contributed by atoms with E-state index in [9.17, 15) is 18.0 Å². The Morgan fingerprint density at radius 3 is 2.03 bits per heavy atom. The van der Waals surface area contributed by atoms with Crippen LogP contribution in [0.5, 0.6) is 0 Å². The van der Waals surface area contributed by atoms with Gasteiger partial charge in [0.05, 0.1) is 10.9 Å². The molecule has 1 atom stereocenters. The largest absolute Gasteiger partial charge is 0.350 e. The van der Waals surface area contributed by atoms with Crippen LogP contribution in [0.3, 0.4) is 0 Å². The summed E-state index contributed by atoms with van der Waals surface area (Å²) < 4.78 is 23.6. The molecule has 1 aliphatic rings. The van der Waals surface area contributed by atoms with Gasteiger partial charge in [-0.3, -0.25) is 9.59 Å². The van der Waals surface area contributed by atoms with Gasteiger partial charge in [-0.05, 0) is 52.6 Å². The zero-order valence-electron chi connectivity index (χ0n) is 20.5. The molecule has 1 aliphatic heterocycles. The lowest BCUT2D eigenvalue weighted by Crippen LogP contribution is -2.41. The molecule has 0 bridgehead atoms. The average Bonchev–Trinajstić information content (AvgIpc) is 3.19. The van der Waals surface area contributed by atoms with E-state index in [-0.39, 0.29) is 23.3 Å². The van der Waals surface area contributed by atoms with Crippen molar-refractivity contribution in [2.45, 2.75) is 23.5 Å². The van der Waals surface area contributed by atoms with Gasteiger partial charge in [0.2, 0.25) is 5.91 Å². The third-order valence-corrected chi connectivity index (χ3v) is 7.99. The third kappa shape index (κ3) is 5.08. The van der Waals surface area contributed by atoms with Crippen molar-refractivity contribution in [3.8, 4) is 0 Å². The van der Waals surface area contributed by atoms with Crippen molar-refractivity contribution in [3.05, 3.63) is 136 Å². The summed E-state index contributed by atoms with van der Waals surface area (Å²) in [5.41, 5.74) is 3.46. The molecular weight excluding hydrogens is 520 g/mol. The van der Waals surface area contributed by atoms with Crippen molar-refractivity contribution in [1.29, 1.82) is 0 Å². The van der Waals surface area contributed by atoms with Gasteiger partial charge >= 0.3 is 0 Å². The molecular formula is C30H25ClN2O4S. The molecule has 6 nitrogen and oxygen atoms in total. The maximum Gasteiger partial charge on any atom is 0.255 e. The van der Waals surface area contributed by atoms with Crippen LogP contribution in [0.15, 0.2) is 108 Å². The van der Waals surface area contributed by atoms with Crippen LogP contribution in [-0.2, 0) is 21.2 Å². The molecule has 4 aromatic rings. The van der Waals surface area contributed by atoms with Gasteiger partial charge in [-0.2, -0.15) is 0 Å². The van der Waals surface area contributed by atoms with Crippen LogP contribution in [0, 0.1) is 0 Å². The number of rotatable bonds is 7. The maximum absolute atomic E-state index is 13.9. The lowest BCUT2D eigenvalue weighted by molar-refractivity contribution is -0.126. The Balaban J connectivity index is 1.53. The summed E-state index contributed by atoms with van der Waals surface area (Å²) in [6.07, 6.45) is 1.15. The first-order valence-corrected chi connectivity index (χ1v) is 14.3. The second kappa shape index (κ2) is 10.4. The number of nitrogens with one attached hydrogen (secondary N) is 1. The Bertz CT molecular complexity index is 1550. The average molecular weight is 545 g/mol. The minimum atomic E-state index is -3.32. The molecule has 0 saturated heterocycles. The maximum atomic E-state index is 13.9. The van der Waals surface area contributed by atoms with E-state index in [1.807, 2.05) is 60.7 Å². The SMILES string of the molecule is CS(=O)(=O)c1ccc(CNC(=O)C2c3cc(Cl)ccc3C(=O)N2C(c2ccccc2)c2ccccc2)cc1. The Morgan fingerprint density at radius 2 is 1.47 bits per heavy atom. The predicted octanol–water partition coefficient (Wildman–Crippen LogP) is 5.35. The summed E-state index contributed by atoms with van der Waals surface area (Å²) in [5.74, 6) is -0.615. The van der Waals surface area contributed by atoms with Crippen LogP contribution >= 0.6 is 11.6 Å². The second-order valence-electron chi connectivity index (χ2n) is 9.20. The van der Waals surface area contributed by atoms with E-state index in [1.165, 1.54) is 12.1 Å². The molecule has 8 heteroatoms. The van der Waals surface area contributed by atoms with Crippen LogP contribution in [0.1, 0.15) is 44.7 Å². The van der Waals surface area contributed by atoms with Crippen LogP contribution < -0.4 is 5.32 Å². The summed E-state index contributed by atoms with van der Waals surface area (Å²) in [7, 11) is -3.32. The molecule has 1 N–H and O–H groups in total. The molecule has 5 rings (SSSR count). The highest BCUT2D eigenvalue weighted by molar-refractivity contribution is 7.90. The fourth-order valence-electron chi connectivity index (χ4n) is 4.82. The highest BCUT2D eigenvalue weighted by Gasteiger charge is 2.45. The van der Waals surface area contributed by atoms with Gasteiger partial charge in [0, 0.05) is 23.4 Å². The number of benzene rings is 4. The summed E-state index contributed by atoms with van der Waals surface area (Å²) in [5, 5.41) is 3.38. The van der Waals surface area contributed by atoms with E-state index in [0.717, 1.165) is 22.9 Å². The van der Waals surface area contributed by atoms with Gasteiger partial charge in [0.25, 0.3) is 5.91 Å². The minimum Gasteiger partial charge on any atom is -0.350 e. The number of amides is 2. The quantitative estimate of drug-likeness (QED) is 0.340. The van der Waals surface area contributed by atoms with E-state index < -0.39 is 21.9 Å². The lowest BCUT2D eigenvalue weighted by Gasteiger charge is -2.33.